The number of benzene rings is 3. The fourth-order valence-electron chi connectivity index (χ4n) is 4.44. The van der Waals surface area contributed by atoms with Crippen molar-refractivity contribution in [3.8, 4) is 11.1 Å². The molecule has 35 heavy (non-hydrogen) atoms. The monoisotopic (exact) mass is 470 g/mol. The molecule has 0 saturated carbocycles. The SMILES string of the molecule is O=C(Nc1cccc(-c2ccccc2)c1)N[C@@H](Cc1ccccc1)C(=O)NCCCN1CCCC1. The zero-order chi connectivity index (χ0) is 24.3. The second-order valence-electron chi connectivity index (χ2n) is 8.98. The van der Waals surface area contributed by atoms with Crippen LogP contribution >= 0.6 is 0 Å². The molecular weight excluding hydrogens is 436 g/mol. The first-order valence-corrected chi connectivity index (χ1v) is 12.4. The summed E-state index contributed by atoms with van der Waals surface area (Å²) < 4.78 is 0. The number of nitrogens with zero attached hydrogens (tertiary/aromatic N) is 1. The van der Waals surface area contributed by atoms with Crippen LogP contribution in [0.25, 0.3) is 11.1 Å². The van der Waals surface area contributed by atoms with Gasteiger partial charge >= 0.3 is 6.03 Å². The number of likely N-dealkylation sites (tertiary alicyclic amines) is 1. The lowest BCUT2D eigenvalue weighted by Gasteiger charge is -2.20. The van der Waals surface area contributed by atoms with Crippen LogP contribution < -0.4 is 16.0 Å². The fraction of sp³-hybridized carbons (Fsp3) is 0.310. The van der Waals surface area contributed by atoms with Crippen LogP contribution in [0.4, 0.5) is 10.5 Å². The third-order valence-corrected chi connectivity index (χ3v) is 6.28. The molecule has 0 unspecified atom stereocenters. The quantitative estimate of drug-likeness (QED) is 0.377. The van der Waals surface area contributed by atoms with Gasteiger partial charge in [-0.05, 0) is 67.7 Å². The van der Waals surface area contributed by atoms with E-state index in [4.69, 9.17) is 0 Å². The van der Waals surface area contributed by atoms with Crippen LogP contribution in [0.5, 0.6) is 0 Å². The highest BCUT2D eigenvalue weighted by Gasteiger charge is 2.21. The molecule has 1 aliphatic rings. The zero-order valence-corrected chi connectivity index (χ0v) is 20.1. The summed E-state index contributed by atoms with van der Waals surface area (Å²) >= 11 is 0. The van der Waals surface area contributed by atoms with Crippen molar-refractivity contribution in [2.45, 2.75) is 31.7 Å². The van der Waals surface area contributed by atoms with E-state index in [0.29, 0.717) is 18.7 Å². The van der Waals surface area contributed by atoms with E-state index in [1.54, 1.807) is 0 Å². The maximum atomic E-state index is 13.0. The number of carbonyl (C=O) groups excluding carboxylic acids is 2. The third kappa shape index (κ3) is 7.69. The molecule has 182 valence electrons. The van der Waals surface area contributed by atoms with Crippen molar-refractivity contribution in [1.29, 1.82) is 0 Å². The number of amides is 3. The lowest BCUT2D eigenvalue weighted by molar-refractivity contribution is -0.122. The highest BCUT2D eigenvalue weighted by atomic mass is 16.2. The van der Waals surface area contributed by atoms with Crippen molar-refractivity contribution in [2.24, 2.45) is 0 Å². The number of carbonyl (C=O) groups is 2. The zero-order valence-electron chi connectivity index (χ0n) is 20.1. The summed E-state index contributed by atoms with van der Waals surface area (Å²) in [5.74, 6) is -0.163. The summed E-state index contributed by atoms with van der Waals surface area (Å²) in [5, 5.41) is 8.79. The van der Waals surface area contributed by atoms with Gasteiger partial charge in [-0.2, -0.15) is 0 Å². The van der Waals surface area contributed by atoms with Gasteiger partial charge in [0.05, 0.1) is 0 Å². The van der Waals surface area contributed by atoms with Gasteiger partial charge in [-0.15, -0.1) is 0 Å². The second-order valence-corrected chi connectivity index (χ2v) is 8.98. The summed E-state index contributed by atoms with van der Waals surface area (Å²) in [6.07, 6.45) is 3.86. The average Bonchev–Trinajstić information content (AvgIpc) is 3.41. The van der Waals surface area contributed by atoms with Crippen LogP contribution in [-0.2, 0) is 11.2 Å². The van der Waals surface area contributed by atoms with Crippen LogP contribution in [0.2, 0.25) is 0 Å². The summed E-state index contributed by atoms with van der Waals surface area (Å²) in [6, 6.07) is 26.4. The second kappa shape index (κ2) is 12.7. The van der Waals surface area contributed by atoms with E-state index in [1.807, 2.05) is 84.9 Å². The normalized spacial score (nSPS) is 14.3. The number of rotatable bonds is 10. The molecule has 3 amide bonds. The summed E-state index contributed by atoms with van der Waals surface area (Å²) in [7, 11) is 0. The number of urea groups is 1. The maximum Gasteiger partial charge on any atom is 0.319 e. The van der Waals surface area contributed by atoms with Crippen molar-refractivity contribution in [3.63, 3.8) is 0 Å². The third-order valence-electron chi connectivity index (χ3n) is 6.28. The van der Waals surface area contributed by atoms with Gasteiger partial charge in [0.1, 0.15) is 6.04 Å². The molecule has 3 N–H and O–H groups in total. The first-order chi connectivity index (χ1) is 17.2. The van der Waals surface area contributed by atoms with Crippen molar-refractivity contribution in [3.05, 3.63) is 90.5 Å². The Morgan fingerprint density at radius 1 is 0.829 bits per heavy atom. The van der Waals surface area contributed by atoms with E-state index in [9.17, 15) is 9.59 Å². The maximum absolute atomic E-state index is 13.0. The molecule has 0 spiro atoms. The Hall–Kier alpha value is -3.64. The smallest absolute Gasteiger partial charge is 0.319 e. The van der Waals surface area contributed by atoms with Crippen LogP contribution in [0.3, 0.4) is 0 Å². The van der Waals surface area contributed by atoms with Gasteiger partial charge < -0.3 is 20.9 Å². The Balaban J connectivity index is 1.35. The Labute approximate surface area is 207 Å². The van der Waals surface area contributed by atoms with E-state index in [1.165, 1.54) is 12.8 Å². The van der Waals surface area contributed by atoms with Crippen molar-refractivity contribution in [2.75, 3.05) is 31.5 Å². The van der Waals surface area contributed by atoms with E-state index >= 15 is 0 Å². The molecule has 0 bridgehead atoms. The molecule has 4 rings (SSSR count). The number of hydrogen-bond donors (Lipinski definition) is 3. The summed E-state index contributed by atoms with van der Waals surface area (Å²) in [4.78, 5) is 28.3. The van der Waals surface area contributed by atoms with E-state index in [0.717, 1.165) is 42.7 Å². The molecular formula is C29H34N4O2. The minimum atomic E-state index is -0.665. The highest BCUT2D eigenvalue weighted by molar-refractivity contribution is 5.94. The van der Waals surface area contributed by atoms with Gasteiger partial charge in [0.2, 0.25) is 5.91 Å². The molecule has 0 radical (unpaired) electrons. The largest absolute Gasteiger partial charge is 0.354 e. The van der Waals surface area contributed by atoms with Crippen molar-refractivity contribution in [1.82, 2.24) is 15.5 Å². The lowest BCUT2D eigenvalue weighted by atomic mass is 10.0. The summed E-state index contributed by atoms with van der Waals surface area (Å²) in [5.41, 5.74) is 3.76. The topological polar surface area (TPSA) is 73.5 Å². The summed E-state index contributed by atoms with van der Waals surface area (Å²) in [6.45, 7) is 3.90. The van der Waals surface area contributed by atoms with Gasteiger partial charge in [0.15, 0.2) is 0 Å². The molecule has 6 nitrogen and oxygen atoms in total. The molecule has 1 saturated heterocycles. The van der Waals surface area contributed by atoms with Gasteiger partial charge in [-0.1, -0.05) is 72.8 Å². The van der Waals surface area contributed by atoms with Gasteiger partial charge in [0, 0.05) is 18.7 Å². The van der Waals surface area contributed by atoms with Crippen LogP contribution in [0.15, 0.2) is 84.9 Å². The molecule has 0 aliphatic carbocycles. The molecule has 3 aromatic rings. The minimum absolute atomic E-state index is 0.163. The van der Waals surface area contributed by atoms with Gasteiger partial charge in [-0.3, -0.25) is 4.79 Å². The standard InChI is InChI=1S/C29H34N4O2/c34-28(30-17-10-20-33-18-7-8-19-33)27(21-23-11-3-1-4-12-23)32-29(35)31-26-16-9-15-25(22-26)24-13-5-2-6-14-24/h1-6,9,11-16,22,27H,7-8,10,17-21H2,(H,30,34)(H2,31,32,35)/t27-/m0/s1. The van der Waals surface area contributed by atoms with Crippen LogP contribution in [0, 0.1) is 0 Å². The Kier molecular flexibility index (Phi) is 8.90. The van der Waals surface area contributed by atoms with Gasteiger partial charge in [0.25, 0.3) is 0 Å². The number of hydrogen-bond acceptors (Lipinski definition) is 3. The Morgan fingerprint density at radius 3 is 2.26 bits per heavy atom. The molecule has 0 aromatic heterocycles. The van der Waals surface area contributed by atoms with Crippen LogP contribution in [-0.4, -0.2) is 49.1 Å². The predicted molar refractivity (Wildman–Crippen MR) is 141 cm³/mol. The predicted octanol–water partition coefficient (Wildman–Crippen LogP) is 4.69. The van der Waals surface area contributed by atoms with E-state index in [-0.39, 0.29) is 5.91 Å². The highest BCUT2D eigenvalue weighted by Crippen LogP contribution is 2.22. The average molecular weight is 471 g/mol. The lowest BCUT2D eigenvalue weighted by Crippen LogP contribution is -2.49. The molecule has 1 aliphatic heterocycles. The van der Waals surface area contributed by atoms with Crippen molar-refractivity contribution < 1.29 is 9.59 Å². The molecule has 6 heteroatoms. The van der Waals surface area contributed by atoms with Crippen LogP contribution in [0.1, 0.15) is 24.8 Å². The first kappa shape index (κ1) is 24.5. The Bertz CT molecular complexity index is 1080. The fourth-order valence-corrected chi connectivity index (χ4v) is 4.44. The number of anilines is 1. The molecule has 1 atom stereocenters. The minimum Gasteiger partial charge on any atom is -0.354 e. The molecule has 3 aromatic carbocycles. The number of nitrogens with one attached hydrogen (secondary N) is 3. The molecule has 1 fully saturated rings. The van der Waals surface area contributed by atoms with E-state index in [2.05, 4.69) is 20.9 Å². The van der Waals surface area contributed by atoms with E-state index < -0.39 is 12.1 Å². The Morgan fingerprint density at radius 2 is 1.51 bits per heavy atom. The molecule has 1 heterocycles. The van der Waals surface area contributed by atoms with Crippen molar-refractivity contribution >= 4 is 17.6 Å². The van der Waals surface area contributed by atoms with Gasteiger partial charge in [-0.25, -0.2) is 4.79 Å². The first-order valence-electron chi connectivity index (χ1n) is 12.4.